The van der Waals surface area contributed by atoms with E-state index in [0.29, 0.717) is 63.0 Å². The summed E-state index contributed by atoms with van der Waals surface area (Å²) in [4.78, 5) is 25.6. The number of methoxy groups -OCH3 is 1. The van der Waals surface area contributed by atoms with Crippen molar-refractivity contribution >= 4 is 27.1 Å². The van der Waals surface area contributed by atoms with E-state index in [-0.39, 0.29) is 29.4 Å². The molecule has 3 aliphatic rings. The number of carbonyl (C=O) groups excluding carboxylic acids is 1. The highest BCUT2D eigenvalue weighted by Crippen LogP contribution is 2.39. The highest BCUT2D eigenvalue weighted by molar-refractivity contribution is 7.91. The van der Waals surface area contributed by atoms with Crippen LogP contribution in [0.15, 0.2) is 24.5 Å². The first kappa shape index (κ1) is 23.7. The minimum Gasteiger partial charge on any atom is -0.488 e. The molecule has 3 aliphatic heterocycles. The maximum absolute atomic E-state index is 12.9. The molecule has 35 heavy (non-hydrogen) atoms. The molecule has 1 amide bonds. The van der Waals surface area contributed by atoms with Crippen LogP contribution >= 0.6 is 0 Å². The van der Waals surface area contributed by atoms with Crippen molar-refractivity contribution in [2.45, 2.75) is 32.3 Å². The fourth-order valence-corrected chi connectivity index (χ4v) is 6.43. The summed E-state index contributed by atoms with van der Waals surface area (Å²) in [6.07, 6.45) is 4.80. The number of rotatable bonds is 5. The fraction of sp³-hybridized carbons (Fsp3) is 0.542. The lowest BCUT2D eigenvalue weighted by atomic mass is 10.0. The lowest BCUT2D eigenvalue weighted by molar-refractivity contribution is -0.135. The van der Waals surface area contributed by atoms with Crippen LogP contribution in [0.1, 0.15) is 24.8 Å². The van der Waals surface area contributed by atoms with Crippen molar-refractivity contribution in [2.75, 3.05) is 49.8 Å². The number of carbonyl (C=O) groups is 1. The molecular formula is C24H30N4O6S. The number of ether oxygens (including phenoxy) is 3. The van der Waals surface area contributed by atoms with Gasteiger partial charge in [-0.05, 0) is 25.8 Å². The molecule has 0 spiro atoms. The van der Waals surface area contributed by atoms with Crippen LogP contribution in [0.25, 0.3) is 0 Å². The first-order valence-electron chi connectivity index (χ1n) is 11.9. The molecule has 0 radical (unpaired) electrons. The molecule has 2 saturated heterocycles. The summed E-state index contributed by atoms with van der Waals surface area (Å²) in [5.74, 6) is 1.75. The Morgan fingerprint density at radius 2 is 1.91 bits per heavy atom. The third-order valence-electron chi connectivity index (χ3n) is 6.85. The molecule has 0 saturated carbocycles. The van der Waals surface area contributed by atoms with Crippen molar-refractivity contribution in [3.8, 4) is 17.5 Å². The zero-order valence-corrected chi connectivity index (χ0v) is 20.8. The predicted octanol–water partition coefficient (Wildman–Crippen LogP) is 2.13. The molecule has 10 nitrogen and oxygen atoms in total. The van der Waals surface area contributed by atoms with E-state index in [2.05, 4.69) is 14.9 Å². The Kier molecular flexibility index (Phi) is 6.43. The Morgan fingerprint density at radius 3 is 2.66 bits per heavy atom. The van der Waals surface area contributed by atoms with Gasteiger partial charge in [0.05, 0.1) is 55.5 Å². The lowest BCUT2D eigenvalue weighted by Gasteiger charge is -2.31. The molecule has 0 unspecified atom stereocenters. The van der Waals surface area contributed by atoms with E-state index in [1.807, 2.05) is 19.1 Å². The molecule has 5 rings (SSSR count). The maximum atomic E-state index is 12.9. The van der Waals surface area contributed by atoms with E-state index in [1.165, 1.54) is 0 Å². The van der Waals surface area contributed by atoms with Gasteiger partial charge in [0.2, 0.25) is 17.7 Å². The molecule has 2 aromatic heterocycles. The smallest absolute Gasteiger partial charge is 0.225 e. The van der Waals surface area contributed by atoms with Crippen LogP contribution < -0.4 is 19.1 Å². The monoisotopic (exact) mass is 502 g/mol. The van der Waals surface area contributed by atoms with Crippen molar-refractivity contribution in [1.82, 2.24) is 14.9 Å². The van der Waals surface area contributed by atoms with E-state index < -0.39 is 9.84 Å². The summed E-state index contributed by atoms with van der Waals surface area (Å²) in [7, 11) is -1.39. The normalized spacial score (nSPS) is 21.8. The van der Waals surface area contributed by atoms with Gasteiger partial charge in [0, 0.05) is 30.5 Å². The molecule has 2 fully saturated rings. The minimum absolute atomic E-state index is 0.0337. The number of nitrogens with zero attached hydrogens (tertiary/aromatic N) is 4. The number of amides is 1. The highest BCUT2D eigenvalue weighted by atomic mass is 32.2. The zero-order chi connectivity index (χ0) is 24.6. The summed E-state index contributed by atoms with van der Waals surface area (Å²) in [6, 6.07) is 3.89. The minimum atomic E-state index is -2.99. The second kappa shape index (κ2) is 9.52. The van der Waals surface area contributed by atoms with Gasteiger partial charge in [0.15, 0.2) is 5.75 Å². The summed E-state index contributed by atoms with van der Waals surface area (Å²) in [5.41, 5.74) is 2.72. The SMILES string of the molecule is COc1ncc(N2CCOc3cnc(O[C@@H]4CCN(C(=O)C5CCS(=O)(=O)CC5)C4)cc32)cc1C. The summed E-state index contributed by atoms with van der Waals surface area (Å²) < 4.78 is 40.6. The highest BCUT2D eigenvalue weighted by Gasteiger charge is 2.35. The molecule has 0 N–H and O–H groups in total. The van der Waals surface area contributed by atoms with Gasteiger partial charge >= 0.3 is 0 Å². The van der Waals surface area contributed by atoms with Crippen LogP contribution in [0.3, 0.4) is 0 Å². The lowest BCUT2D eigenvalue weighted by Crippen LogP contribution is -2.39. The number of aryl methyl sites for hydroxylation is 1. The number of pyridine rings is 2. The molecular weight excluding hydrogens is 472 g/mol. The second-order valence-corrected chi connectivity index (χ2v) is 11.6. The van der Waals surface area contributed by atoms with E-state index >= 15 is 0 Å². The molecule has 0 aliphatic carbocycles. The average Bonchev–Trinajstić information content (AvgIpc) is 3.31. The van der Waals surface area contributed by atoms with Gasteiger partial charge in [-0.3, -0.25) is 4.79 Å². The number of likely N-dealkylation sites (tertiary alicyclic amines) is 1. The van der Waals surface area contributed by atoms with Crippen molar-refractivity contribution in [3.63, 3.8) is 0 Å². The first-order valence-corrected chi connectivity index (χ1v) is 13.7. The molecule has 0 aromatic carbocycles. The maximum Gasteiger partial charge on any atom is 0.225 e. The van der Waals surface area contributed by atoms with E-state index in [4.69, 9.17) is 14.2 Å². The van der Waals surface area contributed by atoms with Crippen molar-refractivity contribution < 1.29 is 27.4 Å². The van der Waals surface area contributed by atoms with Crippen molar-refractivity contribution in [3.05, 3.63) is 30.1 Å². The third kappa shape index (κ3) is 5.00. The molecule has 11 heteroatoms. The van der Waals surface area contributed by atoms with Crippen LogP contribution in [0, 0.1) is 12.8 Å². The van der Waals surface area contributed by atoms with Crippen LogP contribution in [-0.4, -0.2) is 80.2 Å². The van der Waals surface area contributed by atoms with Crippen LogP contribution in [0.2, 0.25) is 0 Å². The van der Waals surface area contributed by atoms with Crippen molar-refractivity contribution in [2.24, 2.45) is 5.92 Å². The Labute approximate surface area is 205 Å². The van der Waals surface area contributed by atoms with E-state index in [1.54, 1.807) is 24.4 Å². The summed E-state index contributed by atoms with van der Waals surface area (Å²) in [6.45, 7) is 4.22. The predicted molar refractivity (Wildman–Crippen MR) is 129 cm³/mol. The summed E-state index contributed by atoms with van der Waals surface area (Å²) in [5, 5.41) is 0. The van der Waals surface area contributed by atoms with Crippen LogP contribution in [0.4, 0.5) is 11.4 Å². The number of aromatic nitrogens is 2. The quantitative estimate of drug-likeness (QED) is 0.607. The Balaban J connectivity index is 1.26. The molecule has 5 heterocycles. The van der Waals surface area contributed by atoms with Crippen molar-refractivity contribution in [1.29, 1.82) is 0 Å². The van der Waals surface area contributed by atoms with E-state index in [0.717, 1.165) is 16.9 Å². The van der Waals surface area contributed by atoms with Crippen LogP contribution in [0.5, 0.6) is 17.5 Å². The Bertz CT molecular complexity index is 1210. The Morgan fingerprint density at radius 1 is 1.11 bits per heavy atom. The van der Waals surface area contributed by atoms with Gasteiger partial charge in [0.1, 0.15) is 22.5 Å². The first-order chi connectivity index (χ1) is 16.8. The number of sulfone groups is 1. The standard InChI is InChI=1S/C24H30N4O6S/c1-16-11-18(13-26-23(16)32-2)28-7-8-33-21-14-25-22(12-20(21)28)34-19-3-6-27(15-19)24(29)17-4-9-35(30,31)10-5-17/h11-14,17,19H,3-10,15H2,1-2H3/t19-/m1/s1. The average molecular weight is 503 g/mol. The number of anilines is 2. The van der Waals surface area contributed by atoms with Gasteiger partial charge < -0.3 is 24.0 Å². The van der Waals surface area contributed by atoms with Gasteiger partial charge in [0.25, 0.3) is 0 Å². The molecule has 188 valence electrons. The number of hydrogen-bond donors (Lipinski definition) is 0. The summed E-state index contributed by atoms with van der Waals surface area (Å²) >= 11 is 0. The van der Waals surface area contributed by atoms with E-state index in [9.17, 15) is 13.2 Å². The molecule has 1 atom stereocenters. The second-order valence-electron chi connectivity index (χ2n) is 9.25. The fourth-order valence-electron chi connectivity index (χ4n) is 4.94. The topological polar surface area (TPSA) is 111 Å². The largest absolute Gasteiger partial charge is 0.488 e. The molecule has 2 aromatic rings. The van der Waals surface area contributed by atoms with Gasteiger partial charge in [-0.2, -0.15) is 0 Å². The van der Waals surface area contributed by atoms with Gasteiger partial charge in [-0.1, -0.05) is 0 Å². The van der Waals surface area contributed by atoms with Crippen LogP contribution in [-0.2, 0) is 14.6 Å². The van der Waals surface area contributed by atoms with Gasteiger partial charge in [-0.15, -0.1) is 0 Å². The number of fused-ring (bicyclic) bond motifs is 1. The Hall–Kier alpha value is -3.08. The van der Waals surface area contributed by atoms with Gasteiger partial charge in [-0.25, -0.2) is 18.4 Å². The zero-order valence-electron chi connectivity index (χ0n) is 20.0. The molecule has 0 bridgehead atoms. The number of hydrogen-bond acceptors (Lipinski definition) is 9. The third-order valence-corrected chi connectivity index (χ3v) is 8.57.